The lowest BCUT2D eigenvalue weighted by molar-refractivity contribution is 0.571. The molecule has 2 aliphatic rings. The highest BCUT2D eigenvalue weighted by Crippen LogP contribution is 2.27. The van der Waals surface area contributed by atoms with E-state index in [9.17, 15) is 0 Å². The fourth-order valence-corrected chi connectivity index (χ4v) is 1.69. The quantitative estimate of drug-likeness (QED) is 0.663. The van der Waals surface area contributed by atoms with Crippen molar-refractivity contribution < 1.29 is 0 Å². The summed E-state index contributed by atoms with van der Waals surface area (Å²) in [7, 11) is 0. The number of fused-ring (bicyclic) bond motifs is 2. The van der Waals surface area contributed by atoms with Crippen molar-refractivity contribution in [2.75, 3.05) is 5.43 Å². The molecule has 0 saturated carbocycles. The van der Waals surface area contributed by atoms with Crippen LogP contribution in [0, 0.1) is 0 Å². The Bertz CT molecular complexity index is 455. The molecule has 3 rings (SSSR count). The van der Waals surface area contributed by atoms with E-state index in [1.165, 1.54) is 11.3 Å². The Morgan fingerprint density at radius 2 is 2.00 bits per heavy atom. The van der Waals surface area contributed by atoms with Crippen LogP contribution >= 0.6 is 0 Å². The van der Waals surface area contributed by atoms with Gasteiger partial charge in [0.1, 0.15) is 0 Å². The fourth-order valence-electron chi connectivity index (χ4n) is 1.69. The van der Waals surface area contributed by atoms with Crippen molar-refractivity contribution in [1.29, 1.82) is 0 Å². The van der Waals surface area contributed by atoms with Gasteiger partial charge in [0.05, 0.1) is 11.4 Å². The van der Waals surface area contributed by atoms with Gasteiger partial charge in [0, 0.05) is 11.8 Å². The second kappa shape index (κ2) is 2.77. The van der Waals surface area contributed by atoms with E-state index in [1.807, 2.05) is 29.4 Å². The molecule has 0 aromatic heterocycles. The monoisotopic (exact) mass is 182 g/mol. The van der Waals surface area contributed by atoms with Crippen LogP contribution in [-0.2, 0) is 0 Å². The molecule has 0 aliphatic carbocycles. The van der Waals surface area contributed by atoms with Gasteiger partial charge in [0.2, 0.25) is 0 Å². The number of allylic oxidation sites excluding steroid dienone is 3. The van der Waals surface area contributed by atoms with Crippen molar-refractivity contribution >= 4 is 11.8 Å². The van der Waals surface area contributed by atoms with Gasteiger partial charge >= 0.3 is 0 Å². The Hall–Kier alpha value is -1.96. The van der Waals surface area contributed by atoms with E-state index in [0.717, 1.165) is 5.69 Å². The maximum Gasteiger partial charge on any atom is 0.0630 e. The molecule has 0 bridgehead atoms. The predicted molar refractivity (Wildman–Crippen MR) is 58.2 cm³/mol. The lowest BCUT2D eigenvalue weighted by Gasteiger charge is -2.30. The summed E-state index contributed by atoms with van der Waals surface area (Å²) in [5.41, 5.74) is 6.88. The van der Waals surface area contributed by atoms with Crippen LogP contribution in [0.1, 0.15) is 5.56 Å². The molecule has 0 amide bonds. The smallest absolute Gasteiger partial charge is 0.0630 e. The molecule has 1 aromatic rings. The zero-order valence-electron chi connectivity index (χ0n) is 7.64. The predicted octanol–water partition coefficient (Wildman–Crippen LogP) is 2.75. The van der Waals surface area contributed by atoms with Gasteiger partial charge in [-0.1, -0.05) is 24.3 Å². The number of anilines is 1. The van der Waals surface area contributed by atoms with E-state index in [2.05, 4.69) is 35.8 Å². The van der Waals surface area contributed by atoms with Crippen LogP contribution in [0.25, 0.3) is 6.08 Å². The maximum absolute atomic E-state index is 3.33. The Balaban J connectivity index is 2.13. The summed E-state index contributed by atoms with van der Waals surface area (Å²) >= 11 is 0. The third kappa shape index (κ3) is 1.04. The van der Waals surface area contributed by atoms with Crippen molar-refractivity contribution in [2.45, 2.75) is 0 Å². The standard InChI is InChI=1S/C12H10N2/c1-2-7-12-10(5-1)9-11-6-3-4-8-14(11)13-12/h1-9,13H. The average molecular weight is 182 g/mol. The van der Waals surface area contributed by atoms with Gasteiger partial charge in [0.15, 0.2) is 0 Å². The van der Waals surface area contributed by atoms with Gasteiger partial charge in [-0.05, 0) is 24.3 Å². The highest BCUT2D eigenvalue weighted by molar-refractivity contribution is 5.72. The van der Waals surface area contributed by atoms with Crippen LogP contribution in [0.2, 0.25) is 0 Å². The molecule has 0 spiro atoms. The topological polar surface area (TPSA) is 15.3 Å². The van der Waals surface area contributed by atoms with E-state index < -0.39 is 0 Å². The van der Waals surface area contributed by atoms with Gasteiger partial charge in [-0.2, -0.15) is 0 Å². The molecule has 0 unspecified atom stereocenters. The van der Waals surface area contributed by atoms with Crippen LogP contribution < -0.4 is 5.43 Å². The highest BCUT2D eigenvalue weighted by atomic mass is 15.5. The van der Waals surface area contributed by atoms with Crippen molar-refractivity contribution in [3.8, 4) is 0 Å². The molecule has 68 valence electrons. The molecule has 2 heterocycles. The molecular weight excluding hydrogens is 172 g/mol. The minimum atomic E-state index is 1.15. The number of benzene rings is 1. The van der Waals surface area contributed by atoms with Gasteiger partial charge in [-0.15, -0.1) is 0 Å². The third-order valence-corrected chi connectivity index (χ3v) is 2.40. The first-order valence-corrected chi connectivity index (χ1v) is 4.65. The minimum absolute atomic E-state index is 1.15. The molecule has 0 atom stereocenters. The normalized spacial score (nSPS) is 16.9. The molecular formula is C12H10N2. The first-order chi connectivity index (χ1) is 6.93. The molecule has 0 fully saturated rings. The lowest BCUT2D eigenvalue weighted by atomic mass is 10.1. The van der Waals surface area contributed by atoms with Crippen LogP contribution in [0.4, 0.5) is 5.69 Å². The summed E-state index contributed by atoms with van der Waals surface area (Å²) in [5, 5.41) is 2.02. The Morgan fingerprint density at radius 1 is 1.07 bits per heavy atom. The second-order valence-corrected chi connectivity index (χ2v) is 3.34. The van der Waals surface area contributed by atoms with Crippen molar-refractivity contribution in [1.82, 2.24) is 5.01 Å². The molecule has 0 saturated heterocycles. The van der Waals surface area contributed by atoms with Crippen LogP contribution in [-0.4, -0.2) is 5.01 Å². The van der Waals surface area contributed by atoms with Crippen LogP contribution in [0.3, 0.4) is 0 Å². The fraction of sp³-hybridized carbons (Fsp3) is 0. The maximum atomic E-state index is 3.33. The number of hydrogen-bond acceptors (Lipinski definition) is 2. The molecule has 2 heteroatoms. The molecule has 2 nitrogen and oxygen atoms in total. The number of nitrogens with zero attached hydrogens (tertiary/aromatic N) is 1. The van der Waals surface area contributed by atoms with Crippen LogP contribution in [0.5, 0.6) is 0 Å². The summed E-state index contributed by atoms with van der Waals surface area (Å²) in [5.74, 6) is 0. The Morgan fingerprint density at radius 3 is 3.00 bits per heavy atom. The molecule has 14 heavy (non-hydrogen) atoms. The van der Waals surface area contributed by atoms with E-state index in [1.54, 1.807) is 0 Å². The summed E-state index contributed by atoms with van der Waals surface area (Å²) < 4.78 is 0. The van der Waals surface area contributed by atoms with Gasteiger partial charge in [-0.3, -0.25) is 10.4 Å². The zero-order valence-corrected chi connectivity index (χ0v) is 7.64. The lowest BCUT2D eigenvalue weighted by Crippen LogP contribution is -2.26. The highest BCUT2D eigenvalue weighted by Gasteiger charge is 2.13. The number of rotatable bonds is 0. The van der Waals surface area contributed by atoms with Gasteiger partial charge in [-0.25, -0.2) is 0 Å². The summed E-state index contributed by atoms with van der Waals surface area (Å²) in [4.78, 5) is 0. The summed E-state index contributed by atoms with van der Waals surface area (Å²) in [6.07, 6.45) is 10.3. The third-order valence-electron chi connectivity index (χ3n) is 2.40. The van der Waals surface area contributed by atoms with Crippen molar-refractivity contribution in [2.24, 2.45) is 0 Å². The van der Waals surface area contributed by atoms with E-state index >= 15 is 0 Å². The first kappa shape index (κ1) is 7.44. The number of hydrazine groups is 1. The average Bonchev–Trinajstić information content (AvgIpc) is 2.26. The Kier molecular flexibility index (Phi) is 1.47. The first-order valence-electron chi connectivity index (χ1n) is 4.65. The van der Waals surface area contributed by atoms with Crippen LogP contribution in [0.15, 0.2) is 54.4 Å². The molecule has 1 aromatic carbocycles. The van der Waals surface area contributed by atoms with Gasteiger partial charge in [0.25, 0.3) is 0 Å². The molecule has 0 radical (unpaired) electrons. The largest absolute Gasteiger partial charge is 0.294 e. The van der Waals surface area contributed by atoms with E-state index in [4.69, 9.17) is 0 Å². The molecule has 2 aliphatic heterocycles. The van der Waals surface area contributed by atoms with Crippen molar-refractivity contribution in [3.63, 3.8) is 0 Å². The zero-order chi connectivity index (χ0) is 9.38. The van der Waals surface area contributed by atoms with E-state index in [0.29, 0.717) is 0 Å². The minimum Gasteiger partial charge on any atom is -0.294 e. The Labute approximate surface area is 82.8 Å². The SMILES string of the molecule is C1=CC2=Cc3ccccc3NN2C=C1. The number of hydrogen-bond donors (Lipinski definition) is 1. The van der Waals surface area contributed by atoms with Gasteiger partial charge < -0.3 is 0 Å². The van der Waals surface area contributed by atoms with Crippen molar-refractivity contribution in [3.05, 3.63) is 60.0 Å². The summed E-state index contributed by atoms with van der Waals surface area (Å²) in [6.45, 7) is 0. The number of para-hydroxylation sites is 1. The molecule has 1 N–H and O–H groups in total. The summed E-state index contributed by atoms with van der Waals surface area (Å²) in [6, 6.07) is 8.28. The van der Waals surface area contributed by atoms with E-state index in [-0.39, 0.29) is 0 Å². The number of nitrogens with one attached hydrogen (secondary N) is 1. The second-order valence-electron chi connectivity index (χ2n) is 3.34.